The molecule has 2 aromatic rings. The molecular formula is C19H25N3O. The fourth-order valence-electron chi connectivity index (χ4n) is 2.50. The molecule has 0 heterocycles. The minimum absolute atomic E-state index is 0.0815. The predicted molar refractivity (Wildman–Crippen MR) is 95.4 cm³/mol. The number of nitrogen functional groups attached to an aromatic ring is 1. The molecule has 2 aromatic carbocycles. The third-order valence-corrected chi connectivity index (χ3v) is 4.02. The predicted octanol–water partition coefficient (Wildman–Crippen LogP) is 2.86. The average molecular weight is 311 g/mol. The molecule has 0 saturated carbocycles. The number of aryl methyl sites for hydroxylation is 1. The van der Waals surface area contributed by atoms with Crippen LogP contribution in [0.3, 0.4) is 0 Å². The van der Waals surface area contributed by atoms with E-state index in [0.717, 1.165) is 6.42 Å². The molecule has 0 radical (unpaired) electrons. The quantitative estimate of drug-likeness (QED) is 0.807. The number of likely N-dealkylation sites (N-methyl/N-ethyl adjacent to an activating group) is 1. The van der Waals surface area contributed by atoms with Gasteiger partial charge < -0.3 is 16.0 Å². The first kappa shape index (κ1) is 17.0. The lowest BCUT2D eigenvalue weighted by Crippen LogP contribution is -2.34. The van der Waals surface area contributed by atoms with E-state index in [1.54, 1.807) is 24.3 Å². The number of carbonyl (C=O) groups is 1. The zero-order chi connectivity index (χ0) is 16.8. The number of hydrogen-bond donors (Lipinski definition) is 2. The van der Waals surface area contributed by atoms with Gasteiger partial charge in [0.05, 0.1) is 6.04 Å². The van der Waals surface area contributed by atoms with E-state index in [0.29, 0.717) is 17.8 Å². The van der Waals surface area contributed by atoms with Gasteiger partial charge in [-0.15, -0.1) is 0 Å². The summed E-state index contributed by atoms with van der Waals surface area (Å²) in [5.74, 6) is -0.0815. The van der Waals surface area contributed by atoms with Gasteiger partial charge >= 0.3 is 0 Å². The number of anilines is 1. The number of nitrogens with one attached hydrogen (secondary N) is 1. The van der Waals surface area contributed by atoms with Crippen molar-refractivity contribution in [3.63, 3.8) is 0 Å². The Morgan fingerprint density at radius 2 is 1.70 bits per heavy atom. The maximum atomic E-state index is 12.2. The first-order valence-corrected chi connectivity index (χ1v) is 7.90. The van der Waals surface area contributed by atoms with E-state index in [1.165, 1.54) is 11.1 Å². The molecule has 4 nitrogen and oxygen atoms in total. The summed E-state index contributed by atoms with van der Waals surface area (Å²) in [7, 11) is 4.04. The number of rotatable bonds is 6. The Morgan fingerprint density at radius 3 is 2.22 bits per heavy atom. The number of nitrogens with two attached hydrogens (primary N) is 1. The highest BCUT2D eigenvalue weighted by molar-refractivity contribution is 5.94. The Bertz CT molecular complexity index is 633. The second kappa shape index (κ2) is 7.79. The molecule has 0 aliphatic heterocycles. The van der Waals surface area contributed by atoms with Gasteiger partial charge in [0.25, 0.3) is 5.91 Å². The van der Waals surface area contributed by atoms with Crippen LogP contribution < -0.4 is 11.1 Å². The van der Waals surface area contributed by atoms with Crippen LogP contribution in [0.5, 0.6) is 0 Å². The van der Waals surface area contributed by atoms with Crippen molar-refractivity contribution in [3.05, 3.63) is 65.2 Å². The van der Waals surface area contributed by atoms with E-state index in [9.17, 15) is 4.79 Å². The first-order chi connectivity index (χ1) is 11.0. The van der Waals surface area contributed by atoms with Crippen molar-refractivity contribution in [3.8, 4) is 0 Å². The van der Waals surface area contributed by atoms with Crippen LogP contribution in [0, 0.1) is 0 Å². The van der Waals surface area contributed by atoms with E-state index in [1.807, 2.05) is 14.1 Å². The van der Waals surface area contributed by atoms with E-state index >= 15 is 0 Å². The minimum Gasteiger partial charge on any atom is -0.399 e. The van der Waals surface area contributed by atoms with Crippen molar-refractivity contribution >= 4 is 11.6 Å². The molecule has 122 valence electrons. The summed E-state index contributed by atoms with van der Waals surface area (Å²) < 4.78 is 0. The fourth-order valence-corrected chi connectivity index (χ4v) is 2.50. The van der Waals surface area contributed by atoms with Crippen LogP contribution in [0.1, 0.15) is 34.5 Å². The SMILES string of the molecule is CCc1ccc(C(CNC(=O)c2ccc(N)cc2)N(C)C)cc1. The maximum Gasteiger partial charge on any atom is 0.251 e. The van der Waals surface area contributed by atoms with E-state index < -0.39 is 0 Å². The lowest BCUT2D eigenvalue weighted by molar-refractivity contribution is 0.0942. The van der Waals surface area contributed by atoms with Crippen LogP contribution in [0.25, 0.3) is 0 Å². The third kappa shape index (κ3) is 4.57. The van der Waals surface area contributed by atoms with Crippen molar-refractivity contribution in [1.82, 2.24) is 10.2 Å². The van der Waals surface area contributed by atoms with E-state index in [-0.39, 0.29) is 11.9 Å². The van der Waals surface area contributed by atoms with Gasteiger partial charge in [-0.1, -0.05) is 31.2 Å². The van der Waals surface area contributed by atoms with Crippen molar-refractivity contribution in [2.45, 2.75) is 19.4 Å². The second-order valence-electron chi connectivity index (χ2n) is 5.91. The molecule has 0 spiro atoms. The Labute approximate surface area is 138 Å². The largest absolute Gasteiger partial charge is 0.399 e. The molecule has 4 heteroatoms. The summed E-state index contributed by atoms with van der Waals surface area (Å²) >= 11 is 0. The molecule has 0 saturated heterocycles. The molecule has 2 rings (SSSR count). The molecule has 3 N–H and O–H groups in total. The van der Waals surface area contributed by atoms with Crippen molar-refractivity contribution in [2.75, 3.05) is 26.4 Å². The van der Waals surface area contributed by atoms with Crippen LogP contribution in [-0.4, -0.2) is 31.4 Å². The molecule has 0 aliphatic carbocycles. The van der Waals surface area contributed by atoms with Crippen molar-refractivity contribution in [2.24, 2.45) is 0 Å². The molecule has 0 aliphatic rings. The van der Waals surface area contributed by atoms with Gasteiger partial charge in [0.1, 0.15) is 0 Å². The molecule has 1 unspecified atom stereocenters. The Kier molecular flexibility index (Phi) is 5.77. The van der Waals surface area contributed by atoms with Gasteiger partial charge in [-0.3, -0.25) is 4.79 Å². The molecular weight excluding hydrogens is 286 g/mol. The van der Waals surface area contributed by atoms with Gasteiger partial charge in [-0.05, 0) is 55.9 Å². The zero-order valence-electron chi connectivity index (χ0n) is 14.0. The Balaban J connectivity index is 2.04. The summed E-state index contributed by atoms with van der Waals surface area (Å²) in [5.41, 5.74) is 9.45. The minimum atomic E-state index is -0.0815. The first-order valence-electron chi connectivity index (χ1n) is 7.90. The van der Waals surface area contributed by atoms with Crippen LogP contribution in [0.4, 0.5) is 5.69 Å². The van der Waals surface area contributed by atoms with E-state index in [4.69, 9.17) is 5.73 Å². The summed E-state index contributed by atoms with van der Waals surface area (Å²) in [6, 6.07) is 15.7. The van der Waals surface area contributed by atoms with Gasteiger partial charge in [0.2, 0.25) is 0 Å². The number of benzene rings is 2. The Hall–Kier alpha value is -2.33. The number of carbonyl (C=O) groups excluding carboxylic acids is 1. The van der Waals surface area contributed by atoms with Crippen LogP contribution in [0.2, 0.25) is 0 Å². The lowest BCUT2D eigenvalue weighted by Gasteiger charge is -2.25. The highest BCUT2D eigenvalue weighted by Crippen LogP contribution is 2.18. The van der Waals surface area contributed by atoms with Crippen LogP contribution >= 0.6 is 0 Å². The summed E-state index contributed by atoms with van der Waals surface area (Å²) in [4.78, 5) is 14.4. The topological polar surface area (TPSA) is 58.4 Å². The van der Waals surface area contributed by atoms with Gasteiger partial charge in [0, 0.05) is 17.8 Å². The number of hydrogen-bond acceptors (Lipinski definition) is 3. The summed E-state index contributed by atoms with van der Waals surface area (Å²) in [5, 5.41) is 3.01. The molecule has 1 amide bonds. The standard InChI is InChI=1S/C19H25N3O/c1-4-14-5-7-15(8-6-14)18(22(2)3)13-21-19(23)16-9-11-17(20)12-10-16/h5-12,18H,4,13,20H2,1-3H3,(H,21,23). The molecule has 1 atom stereocenters. The molecule has 0 aromatic heterocycles. The Morgan fingerprint density at radius 1 is 1.09 bits per heavy atom. The number of nitrogens with zero attached hydrogens (tertiary/aromatic N) is 1. The molecule has 23 heavy (non-hydrogen) atoms. The maximum absolute atomic E-state index is 12.2. The van der Waals surface area contributed by atoms with Crippen molar-refractivity contribution in [1.29, 1.82) is 0 Å². The number of amides is 1. The molecule has 0 fully saturated rings. The average Bonchev–Trinajstić information content (AvgIpc) is 2.55. The molecule has 0 bridgehead atoms. The highest BCUT2D eigenvalue weighted by atomic mass is 16.1. The summed E-state index contributed by atoms with van der Waals surface area (Å²) in [6.07, 6.45) is 1.03. The van der Waals surface area contributed by atoms with Crippen LogP contribution in [0.15, 0.2) is 48.5 Å². The van der Waals surface area contributed by atoms with Gasteiger partial charge in [-0.2, -0.15) is 0 Å². The van der Waals surface area contributed by atoms with Gasteiger partial charge in [-0.25, -0.2) is 0 Å². The van der Waals surface area contributed by atoms with Crippen LogP contribution in [-0.2, 0) is 6.42 Å². The smallest absolute Gasteiger partial charge is 0.251 e. The third-order valence-electron chi connectivity index (χ3n) is 4.02. The van der Waals surface area contributed by atoms with E-state index in [2.05, 4.69) is 41.4 Å². The summed E-state index contributed by atoms with van der Waals surface area (Å²) in [6.45, 7) is 2.70. The monoisotopic (exact) mass is 311 g/mol. The van der Waals surface area contributed by atoms with Gasteiger partial charge in [0.15, 0.2) is 0 Å². The fraction of sp³-hybridized carbons (Fsp3) is 0.316. The highest BCUT2D eigenvalue weighted by Gasteiger charge is 2.15. The second-order valence-corrected chi connectivity index (χ2v) is 5.91. The lowest BCUT2D eigenvalue weighted by atomic mass is 10.0. The van der Waals surface area contributed by atoms with Crippen molar-refractivity contribution < 1.29 is 4.79 Å². The zero-order valence-corrected chi connectivity index (χ0v) is 14.0. The normalized spacial score (nSPS) is 12.2.